The van der Waals surface area contributed by atoms with Gasteiger partial charge in [0.25, 0.3) is 0 Å². The van der Waals surface area contributed by atoms with Crippen molar-refractivity contribution >= 4 is 5.78 Å². The van der Waals surface area contributed by atoms with Crippen LogP contribution >= 0.6 is 0 Å². The van der Waals surface area contributed by atoms with Crippen molar-refractivity contribution in [2.45, 2.75) is 86.0 Å². The van der Waals surface area contributed by atoms with Crippen LogP contribution in [0, 0.1) is 23.5 Å². The van der Waals surface area contributed by atoms with Gasteiger partial charge in [-0.15, -0.1) is 0 Å². The average Bonchev–Trinajstić information content (AvgIpc) is 2.62. The summed E-state index contributed by atoms with van der Waals surface area (Å²) in [5, 5.41) is 0. The first kappa shape index (κ1) is 23.8. The summed E-state index contributed by atoms with van der Waals surface area (Å²) in [5.74, 6) is -0.489. The molecule has 0 spiro atoms. The Morgan fingerprint density at radius 1 is 1.04 bits per heavy atom. The van der Waals surface area contributed by atoms with Gasteiger partial charge in [0.2, 0.25) is 0 Å². The molecular formula is C22H36F2O. The number of carbonyl (C=O) groups excluding carboxylic acids is 1. The number of hydrogen-bond acceptors (Lipinski definition) is 1. The zero-order valence-electron chi connectivity index (χ0n) is 16.7. The molecule has 0 bridgehead atoms. The first-order chi connectivity index (χ1) is 12.0. The van der Waals surface area contributed by atoms with Crippen LogP contribution in [0.1, 0.15) is 85.1 Å². The molecule has 25 heavy (non-hydrogen) atoms. The monoisotopic (exact) mass is 354 g/mol. The molecular weight excluding hydrogens is 318 g/mol. The SMILES string of the molecule is CC.CCCCCC(C)C(CCc1ccc(F)c(F)c1)CC(=O)CC. The van der Waals surface area contributed by atoms with Crippen LogP contribution in [-0.2, 0) is 11.2 Å². The van der Waals surface area contributed by atoms with E-state index in [1.807, 2.05) is 20.8 Å². The lowest BCUT2D eigenvalue weighted by molar-refractivity contribution is -0.120. The largest absolute Gasteiger partial charge is 0.300 e. The molecule has 0 saturated heterocycles. The van der Waals surface area contributed by atoms with E-state index in [0.29, 0.717) is 36.9 Å². The molecule has 0 aliphatic rings. The van der Waals surface area contributed by atoms with Gasteiger partial charge in [-0.1, -0.05) is 66.4 Å². The van der Waals surface area contributed by atoms with E-state index in [-0.39, 0.29) is 0 Å². The maximum Gasteiger partial charge on any atom is 0.159 e. The highest BCUT2D eigenvalue weighted by molar-refractivity contribution is 5.78. The molecule has 0 saturated carbocycles. The Balaban J connectivity index is 0.00000277. The van der Waals surface area contributed by atoms with Gasteiger partial charge in [-0.25, -0.2) is 8.78 Å². The minimum absolute atomic E-state index is 0.294. The molecule has 0 aromatic heterocycles. The maximum absolute atomic E-state index is 13.3. The topological polar surface area (TPSA) is 17.1 Å². The normalized spacial score (nSPS) is 12.9. The van der Waals surface area contributed by atoms with Crippen LogP contribution in [0.2, 0.25) is 0 Å². The quantitative estimate of drug-likeness (QED) is 0.386. The molecule has 1 aromatic rings. The van der Waals surface area contributed by atoms with Crippen LogP contribution < -0.4 is 0 Å². The molecule has 0 aliphatic carbocycles. The van der Waals surface area contributed by atoms with Gasteiger partial charge < -0.3 is 0 Å². The third-order valence-electron chi connectivity index (χ3n) is 4.74. The Morgan fingerprint density at radius 2 is 1.72 bits per heavy atom. The highest BCUT2D eigenvalue weighted by Gasteiger charge is 2.20. The average molecular weight is 355 g/mol. The van der Waals surface area contributed by atoms with E-state index in [2.05, 4.69) is 13.8 Å². The minimum Gasteiger partial charge on any atom is -0.300 e. The summed E-state index contributed by atoms with van der Waals surface area (Å²) in [6.45, 7) is 10.3. The predicted octanol–water partition coefficient (Wildman–Crippen LogP) is 7.13. The molecule has 0 radical (unpaired) electrons. The second kappa shape index (κ2) is 14.0. The van der Waals surface area contributed by atoms with E-state index < -0.39 is 11.6 Å². The Bertz CT molecular complexity index is 485. The first-order valence-electron chi connectivity index (χ1n) is 9.93. The Labute approximate surface area is 153 Å². The van der Waals surface area contributed by atoms with Gasteiger partial charge in [0.1, 0.15) is 5.78 Å². The third-order valence-corrected chi connectivity index (χ3v) is 4.74. The molecule has 1 aromatic carbocycles. The zero-order chi connectivity index (χ0) is 19.2. The van der Waals surface area contributed by atoms with Crippen molar-refractivity contribution in [3.63, 3.8) is 0 Å². The maximum atomic E-state index is 13.3. The van der Waals surface area contributed by atoms with E-state index in [9.17, 15) is 13.6 Å². The molecule has 0 heterocycles. The number of unbranched alkanes of at least 4 members (excludes halogenated alkanes) is 2. The van der Waals surface area contributed by atoms with Crippen molar-refractivity contribution in [1.82, 2.24) is 0 Å². The van der Waals surface area contributed by atoms with Gasteiger partial charge in [-0.2, -0.15) is 0 Å². The van der Waals surface area contributed by atoms with Gasteiger partial charge in [-0.3, -0.25) is 4.79 Å². The molecule has 1 rings (SSSR count). The van der Waals surface area contributed by atoms with Crippen molar-refractivity contribution < 1.29 is 13.6 Å². The third kappa shape index (κ3) is 9.72. The predicted molar refractivity (Wildman–Crippen MR) is 103 cm³/mol. The summed E-state index contributed by atoms with van der Waals surface area (Å²) in [5.41, 5.74) is 0.804. The number of ketones is 1. The number of rotatable bonds is 11. The van der Waals surface area contributed by atoms with E-state index in [0.717, 1.165) is 18.4 Å². The second-order valence-corrected chi connectivity index (χ2v) is 6.62. The number of carbonyl (C=O) groups is 1. The van der Waals surface area contributed by atoms with Crippen molar-refractivity contribution in [1.29, 1.82) is 0 Å². The van der Waals surface area contributed by atoms with E-state index in [4.69, 9.17) is 0 Å². The van der Waals surface area contributed by atoms with Crippen LogP contribution in [0.25, 0.3) is 0 Å². The van der Waals surface area contributed by atoms with Gasteiger partial charge in [0, 0.05) is 12.8 Å². The molecule has 0 N–H and O–H groups in total. The number of halogens is 2. The molecule has 0 fully saturated rings. The molecule has 2 unspecified atom stereocenters. The second-order valence-electron chi connectivity index (χ2n) is 6.62. The van der Waals surface area contributed by atoms with Gasteiger partial charge in [0.05, 0.1) is 0 Å². The Hall–Kier alpha value is -1.25. The first-order valence-corrected chi connectivity index (χ1v) is 9.93. The van der Waals surface area contributed by atoms with Crippen molar-refractivity contribution in [2.24, 2.45) is 11.8 Å². The molecule has 1 nitrogen and oxygen atoms in total. The van der Waals surface area contributed by atoms with Crippen molar-refractivity contribution in [3.8, 4) is 0 Å². The number of benzene rings is 1. The van der Waals surface area contributed by atoms with Crippen LogP contribution in [0.5, 0.6) is 0 Å². The van der Waals surface area contributed by atoms with Crippen LogP contribution in [0.3, 0.4) is 0 Å². The minimum atomic E-state index is -0.806. The molecule has 0 amide bonds. The van der Waals surface area contributed by atoms with Crippen molar-refractivity contribution in [3.05, 3.63) is 35.4 Å². The number of aryl methyl sites for hydroxylation is 1. The summed E-state index contributed by atoms with van der Waals surface area (Å²) in [7, 11) is 0. The zero-order valence-corrected chi connectivity index (χ0v) is 16.7. The number of hydrogen-bond donors (Lipinski definition) is 0. The van der Waals surface area contributed by atoms with Crippen molar-refractivity contribution in [2.75, 3.05) is 0 Å². The standard InChI is InChI=1S/C20H30F2O.C2H6/c1-4-6-7-8-15(3)17(14-18(23)5-2)11-9-16-10-12-19(21)20(22)13-16;1-2/h10,12-13,15,17H,4-9,11,14H2,1-3H3;1-2H3. The summed E-state index contributed by atoms with van der Waals surface area (Å²) < 4.78 is 26.3. The lowest BCUT2D eigenvalue weighted by Gasteiger charge is -2.23. The van der Waals surface area contributed by atoms with Crippen LogP contribution in [-0.4, -0.2) is 5.78 Å². The van der Waals surface area contributed by atoms with Gasteiger partial charge in [-0.05, 0) is 42.4 Å². The lowest BCUT2D eigenvalue weighted by atomic mass is 9.81. The fraction of sp³-hybridized carbons (Fsp3) is 0.682. The highest BCUT2D eigenvalue weighted by atomic mass is 19.2. The fourth-order valence-electron chi connectivity index (χ4n) is 3.02. The Kier molecular flexibility index (Phi) is 13.3. The van der Waals surface area contributed by atoms with E-state index in [1.54, 1.807) is 6.07 Å². The van der Waals surface area contributed by atoms with E-state index in [1.165, 1.54) is 31.4 Å². The van der Waals surface area contributed by atoms with Gasteiger partial charge in [0.15, 0.2) is 11.6 Å². The van der Waals surface area contributed by atoms with Gasteiger partial charge >= 0.3 is 0 Å². The lowest BCUT2D eigenvalue weighted by Crippen LogP contribution is -2.17. The molecule has 0 aliphatic heterocycles. The molecule has 2 atom stereocenters. The molecule has 3 heteroatoms. The fourth-order valence-corrected chi connectivity index (χ4v) is 3.02. The number of Topliss-reactive ketones (excluding diaryl/α,β-unsaturated/α-hetero) is 1. The van der Waals surface area contributed by atoms with E-state index >= 15 is 0 Å². The van der Waals surface area contributed by atoms with Crippen LogP contribution in [0.15, 0.2) is 18.2 Å². The smallest absolute Gasteiger partial charge is 0.159 e. The molecule has 144 valence electrons. The van der Waals surface area contributed by atoms with Crippen LogP contribution in [0.4, 0.5) is 8.78 Å². The summed E-state index contributed by atoms with van der Waals surface area (Å²) >= 11 is 0. The summed E-state index contributed by atoms with van der Waals surface area (Å²) in [6.07, 6.45) is 7.47. The summed E-state index contributed by atoms with van der Waals surface area (Å²) in [4.78, 5) is 11.9. The summed E-state index contributed by atoms with van der Waals surface area (Å²) in [6, 6.07) is 4.09. The Morgan fingerprint density at radius 3 is 2.28 bits per heavy atom. The highest BCUT2D eigenvalue weighted by Crippen LogP contribution is 2.27.